The summed E-state index contributed by atoms with van der Waals surface area (Å²) in [5.74, 6) is 0.371. The predicted octanol–water partition coefficient (Wildman–Crippen LogP) is 0.122. The van der Waals surface area contributed by atoms with E-state index in [1.54, 1.807) is 7.05 Å². The number of tetrazole rings is 1. The second kappa shape index (κ2) is 4.18. The summed E-state index contributed by atoms with van der Waals surface area (Å²) in [5.41, 5.74) is -0.485. The smallest absolute Gasteiger partial charge is 0.266 e. The first-order valence-electron chi connectivity index (χ1n) is 4.22. The molecule has 0 atom stereocenters. The molecular formula is C7H6Cl2N6O. The lowest BCUT2D eigenvalue weighted by Gasteiger charge is -2.01. The molecule has 2 heterocycles. The van der Waals surface area contributed by atoms with Crippen molar-refractivity contribution in [2.24, 2.45) is 7.05 Å². The van der Waals surface area contributed by atoms with Gasteiger partial charge in [-0.2, -0.15) is 9.90 Å². The van der Waals surface area contributed by atoms with Crippen molar-refractivity contribution in [2.75, 3.05) is 0 Å². The molecule has 0 spiro atoms. The van der Waals surface area contributed by atoms with Crippen LogP contribution in [0.25, 0.3) is 0 Å². The first kappa shape index (κ1) is 11.0. The standard InChI is InChI=1S/C7H6Cl2N6O/c1-14-12-5(11-13-14)3-15-7(16)6(9)4(8)2-10-15/h2H,3H2,1H3. The monoisotopic (exact) mass is 260 g/mol. The lowest BCUT2D eigenvalue weighted by molar-refractivity contribution is 0.601. The molecule has 0 bridgehead atoms. The molecule has 0 radical (unpaired) electrons. The fraction of sp³-hybridized carbons (Fsp3) is 0.286. The number of halogens is 2. The van der Waals surface area contributed by atoms with Crippen LogP contribution in [0.15, 0.2) is 11.0 Å². The third kappa shape index (κ3) is 2.05. The van der Waals surface area contributed by atoms with Crippen LogP contribution in [0.1, 0.15) is 5.82 Å². The summed E-state index contributed by atoms with van der Waals surface area (Å²) in [4.78, 5) is 12.9. The Morgan fingerprint density at radius 3 is 2.81 bits per heavy atom. The second-order valence-corrected chi connectivity index (χ2v) is 3.75. The maximum atomic E-state index is 11.6. The van der Waals surface area contributed by atoms with Crippen LogP contribution in [0.5, 0.6) is 0 Å². The highest BCUT2D eigenvalue weighted by Gasteiger charge is 2.09. The van der Waals surface area contributed by atoms with Gasteiger partial charge in [-0.1, -0.05) is 23.2 Å². The molecule has 0 saturated carbocycles. The summed E-state index contributed by atoms with van der Waals surface area (Å²) in [5, 5.41) is 15.1. The number of hydrogen-bond donors (Lipinski definition) is 0. The van der Waals surface area contributed by atoms with Gasteiger partial charge in [-0.15, -0.1) is 10.2 Å². The van der Waals surface area contributed by atoms with Gasteiger partial charge in [-0.25, -0.2) is 4.68 Å². The third-order valence-electron chi connectivity index (χ3n) is 1.78. The Labute approximate surface area is 99.6 Å². The first-order valence-corrected chi connectivity index (χ1v) is 4.97. The van der Waals surface area contributed by atoms with Gasteiger partial charge in [-0.05, 0) is 5.21 Å². The van der Waals surface area contributed by atoms with Crippen LogP contribution < -0.4 is 5.56 Å². The van der Waals surface area contributed by atoms with Gasteiger partial charge in [-0.3, -0.25) is 4.79 Å². The minimum atomic E-state index is -0.485. The van der Waals surface area contributed by atoms with Crippen molar-refractivity contribution in [1.29, 1.82) is 0 Å². The molecule has 0 aliphatic carbocycles. The van der Waals surface area contributed by atoms with E-state index in [0.29, 0.717) is 5.82 Å². The van der Waals surface area contributed by atoms with E-state index in [-0.39, 0.29) is 16.6 Å². The van der Waals surface area contributed by atoms with Crippen molar-refractivity contribution < 1.29 is 0 Å². The van der Waals surface area contributed by atoms with Gasteiger partial charge >= 0.3 is 0 Å². The first-order chi connectivity index (χ1) is 7.58. The summed E-state index contributed by atoms with van der Waals surface area (Å²) in [7, 11) is 1.63. The summed E-state index contributed by atoms with van der Waals surface area (Å²) in [6, 6.07) is 0. The quantitative estimate of drug-likeness (QED) is 0.767. The van der Waals surface area contributed by atoms with Gasteiger partial charge < -0.3 is 0 Å². The Morgan fingerprint density at radius 1 is 1.44 bits per heavy atom. The van der Waals surface area contributed by atoms with Crippen LogP contribution in [-0.2, 0) is 13.6 Å². The van der Waals surface area contributed by atoms with Crippen LogP contribution in [0.2, 0.25) is 10.0 Å². The van der Waals surface area contributed by atoms with E-state index in [9.17, 15) is 4.79 Å². The van der Waals surface area contributed by atoms with E-state index in [4.69, 9.17) is 23.2 Å². The lowest BCUT2D eigenvalue weighted by atomic mass is 10.5. The Kier molecular flexibility index (Phi) is 2.88. The molecule has 0 aromatic carbocycles. The van der Waals surface area contributed by atoms with E-state index in [1.807, 2.05) is 0 Å². The largest absolute Gasteiger partial charge is 0.287 e. The molecule has 9 heteroatoms. The number of aryl methyl sites for hydroxylation is 1. The molecular weight excluding hydrogens is 255 g/mol. The van der Waals surface area contributed by atoms with E-state index in [1.165, 1.54) is 11.0 Å². The average Bonchev–Trinajstić information content (AvgIpc) is 2.65. The molecule has 84 valence electrons. The zero-order chi connectivity index (χ0) is 11.7. The lowest BCUT2D eigenvalue weighted by Crippen LogP contribution is -2.24. The van der Waals surface area contributed by atoms with E-state index in [2.05, 4.69) is 20.5 Å². The van der Waals surface area contributed by atoms with Crippen LogP contribution in [-0.4, -0.2) is 30.0 Å². The normalized spacial score (nSPS) is 10.7. The topological polar surface area (TPSA) is 78.5 Å². The minimum Gasteiger partial charge on any atom is -0.266 e. The molecule has 0 N–H and O–H groups in total. The molecule has 0 fully saturated rings. The summed E-state index contributed by atoms with van der Waals surface area (Å²) < 4.78 is 1.12. The summed E-state index contributed by atoms with van der Waals surface area (Å²) in [6.45, 7) is 0.101. The van der Waals surface area contributed by atoms with Crippen LogP contribution in [0.4, 0.5) is 0 Å². The molecule has 0 amide bonds. The molecule has 2 aromatic heterocycles. The number of nitrogens with zero attached hydrogens (tertiary/aromatic N) is 6. The summed E-state index contributed by atoms with van der Waals surface area (Å²) in [6.07, 6.45) is 1.29. The van der Waals surface area contributed by atoms with E-state index in [0.717, 1.165) is 4.68 Å². The van der Waals surface area contributed by atoms with Crippen molar-refractivity contribution >= 4 is 23.2 Å². The van der Waals surface area contributed by atoms with Gasteiger partial charge in [0.05, 0.1) is 18.3 Å². The molecule has 7 nitrogen and oxygen atoms in total. The highest BCUT2D eigenvalue weighted by molar-refractivity contribution is 6.41. The Morgan fingerprint density at radius 2 is 2.19 bits per heavy atom. The van der Waals surface area contributed by atoms with Crippen LogP contribution in [0, 0.1) is 0 Å². The molecule has 2 aromatic rings. The Hall–Kier alpha value is -1.47. The van der Waals surface area contributed by atoms with Crippen molar-refractivity contribution in [2.45, 2.75) is 6.54 Å². The van der Waals surface area contributed by atoms with Crippen molar-refractivity contribution in [3.8, 4) is 0 Å². The highest BCUT2D eigenvalue weighted by atomic mass is 35.5. The van der Waals surface area contributed by atoms with Crippen molar-refractivity contribution in [3.63, 3.8) is 0 Å². The van der Waals surface area contributed by atoms with Gasteiger partial charge in [0.2, 0.25) is 0 Å². The predicted molar refractivity (Wildman–Crippen MR) is 56.4 cm³/mol. The Bertz CT molecular complexity index is 576. The van der Waals surface area contributed by atoms with Gasteiger partial charge in [0.15, 0.2) is 5.82 Å². The molecule has 0 aliphatic heterocycles. The molecule has 0 aliphatic rings. The number of aromatic nitrogens is 6. The highest BCUT2D eigenvalue weighted by Crippen LogP contribution is 2.14. The molecule has 0 saturated heterocycles. The number of rotatable bonds is 2. The Balaban J connectivity index is 2.36. The second-order valence-electron chi connectivity index (χ2n) is 2.96. The minimum absolute atomic E-state index is 0.0689. The number of hydrogen-bond acceptors (Lipinski definition) is 5. The van der Waals surface area contributed by atoms with Gasteiger partial charge in [0.25, 0.3) is 5.56 Å². The van der Waals surface area contributed by atoms with E-state index >= 15 is 0 Å². The zero-order valence-corrected chi connectivity index (χ0v) is 9.64. The van der Waals surface area contributed by atoms with E-state index < -0.39 is 5.56 Å². The van der Waals surface area contributed by atoms with Gasteiger partial charge in [0.1, 0.15) is 11.6 Å². The SMILES string of the molecule is Cn1nnc(Cn2ncc(Cl)c(Cl)c2=O)n1. The zero-order valence-electron chi connectivity index (χ0n) is 8.13. The van der Waals surface area contributed by atoms with Crippen LogP contribution in [0.3, 0.4) is 0 Å². The molecule has 2 rings (SSSR count). The maximum absolute atomic E-state index is 11.6. The third-order valence-corrected chi connectivity index (χ3v) is 2.53. The van der Waals surface area contributed by atoms with Crippen molar-refractivity contribution in [1.82, 2.24) is 30.0 Å². The fourth-order valence-corrected chi connectivity index (χ4v) is 1.35. The van der Waals surface area contributed by atoms with Gasteiger partial charge in [0, 0.05) is 0 Å². The summed E-state index contributed by atoms with van der Waals surface area (Å²) >= 11 is 11.3. The molecule has 0 unspecified atom stereocenters. The molecule has 16 heavy (non-hydrogen) atoms. The van der Waals surface area contributed by atoms with Crippen molar-refractivity contribution in [3.05, 3.63) is 32.4 Å². The average molecular weight is 261 g/mol. The maximum Gasteiger partial charge on any atom is 0.287 e. The van der Waals surface area contributed by atoms with Crippen LogP contribution >= 0.6 is 23.2 Å². The fourth-order valence-electron chi connectivity index (χ4n) is 1.08.